The van der Waals surface area contributed by atoms with Crippen molar-refractivity contribution in [3.63, 3.8) is 0 Å². The van der Waals surface area contributed by atoms with E-state index in [1.165, 1.54) is 24.3 Å². The van der Waals surface area contributed by atoms with Gasteiger partial charge in [0, 0.05) is 12.1 Å². The van der Waals surface area contributed by atoms with Gasteiger partial charge in [-0.1, -0.05) is 23.2 Å². The molecule has 0 atom stereocenters. The summed E-state index contributed by atoms with van der Waals surface area (Å²) in [4.78, 5) is 11.7. The lowest BCUT2D eigenvalue weighted by molar-refractivity contribution is -0.116. The van der Waals surface area contributed by atoms with Gasteiger partial charge in [0.25, 0.3) is 10.0 Å². The molecule has 2 N–H and O–H groups in total. The highest BCUT2D eigenvalue weighted by atomic mass is 35.5. The highest BCUT2D eigenvalue weighted by molar-refractivity contribution is 7.92. The van der Waals surface area contributed by atoms with E-state index < -0.39 is 10.0 Å². The van der Waals surface area contributed by atoms with Gasteiger partial charge in [0.05, 0.1) is 20.6 Å². The monoisotopic (exact) mass is 384 g/mol. The lowest BCUT2D eigenvalue weighted by Gasteiger charge is -2.12. The summed E-state index contributed by atoms with van der Waals surface area (Å²) in [5.41, 5.74) is 1.79. The van der Waals surface area contributed by atoms with E-state index in [1.807, 2.05) is 0 Å². The van der Waals surface area contributed by atoms with Crippen molar-refractivity contribution in [1.82, 2.24) is 0 Å². The molecule has 1 amide bonds. The maximum atomic E-state index is 12.6. The number of sulfonamides is 1. The van der Waals surface area contributed by atoms with Crippen LogP contribution in [0.5, 0.6) is 0 Å². The van der Waals surface area contributed by atoms with Gasteiger partial charge in [0.1, 0.15) is 0 Å². The second kappa shape index (κ2) is 6.63. The number of hydrogen-bond donors (Lipinski definition) is 2. The van der Waals surface area contributed by atoms with E-state index in [2.05, 4.69) is 10.0 Å². The van der Waals surface area contributed by atoms with Crippen LogP contribution in [0.1, 0.15) is 18.4 Å². The molecule has 24 heavy (non-hydrogen) atoms. The van der Waals surface area contributed by atoms with E-state index in [0.29, 0.717) is 35.7 Å². The van der Waals surface area contributed by atoms with Gasteiger partial charge in [0.15, 0.2) is 0 Å². The number of amides is 1. The maximum Gasteiger partial charge on any atom is 0.261 e. The lowest BCUT2D eigenvalue weighted by Crippen LogP contribution is -2.14. The predicted octanol–water partition coefficient (Wildman–Crippen LogP) is 4.07. The van der Waals surface area contributed by atoms with E-state index in [0.717, 1.165) is 5.56 Å². The van der Waals surface area contributed by atoms with Gasteiger partial charge in [-0.2, -0.15) is 0 Å². The molecule has 0 fully saturated rings. The van der Waals surface area contributed by atoms with E-state index in [1.54, 1.807) is 12.1 Å². The smallest absolute Gasteiger partial charge is 0.261 e. The van der Waals surface area contributed by atoms with E-state index in [4.69, 9.17) is 23.2 Å². The molecule has 1 heterocycles. The van der Waals surface area contributed by atoms with Crippen molar-refractivity contribution in [3.05, 3.63) is 52.0 Å². The Bertz CT molecular complexity index is 914. The third-order valence-electron chi connectivity index (χ3n) is 3.68. The third kappa shape index (κ3) is 3.66. The summed E-state index contributed by atoms with van der Waals surface area (Å²) < 4.78 is 27.6. The molecule has 0 saturated carbocycles. The van der Waals surface area contributed by atoms with Crippen molar-refractivity contribution in [2.75, 3.05) is 10.0 Å². The molecule has 0 aliphatic carbocycles. The molecule has 2 aromatic rings. The molecule has 0 spiro atoms. The third-order valence-corrected chi connectivity index (χ3v) is 5.80. The molecule has 1 aliphatic heterocycles. The number of carbonyl (C=O) groups is 1. The number of carbonyl (C=O) groups excluding carboxylic acids is 1. The minimum atomic E-state index is -3.77. The Kier molecular flexibility index (Phi) is 4.71. The number of anilines is 2. The van der Waals surface area contributed by atoms with Gasteiger partial charge >= 0.3 is 0 Å². The predicted molar refractivity (Wildman–Crippen MR) is 95.3 cm³/mol. The Morgan fingerprint density at radius 2 is 1.79 bits per heavy atom. The topological polar surface area (TPSA) is 75.3 Å². The number of fused-ring (bicyclic) bond motifs is 1. The second-order valence-corrected chi connectivity index (χ2v) is 7.95. The molecule has 3 rings (SSSR count). The number of aryl methyl sites for hydroxylation is 1. The number of halogens is 2. The Morgan fingerprint density at radius 3 is 2.54 bits per heavy atom. The summed E-state index contributed by atoms with van der Waals surface area (Å²) >= 11 is 11.7. The summed E-state index contributed by atoms with van der Waals surface area (Å²) in [6.45, 7) is 0. The first-order chi connectivity index (χ1) is 11.3. The van der Waals surface area contributed by atoms with Crippen LogP contribution in [-0.4, -0.2) is 14.3 Å². The standard InChI is InChI=1S/C16H14Cl2N2O3S/c17-13-6-4-11(9-14(13)18)20-24(22,23)12-5-7-15-10(8-12)2-1-3-16(21)19-15/h4-9,20H,1-3H2,(H,19,21). The number of benzene rings is 2. The molecule has 0 bridgehead atoms. The Balaban J connectivity index is 1.91. The van der Waals surface area contributed by atoms with Crippen LogP contribution in [0.3, 0.4) is 0 Å². The van der Waals surface area contributed by atoms with Gasteiger partial charge in [-0.25, -0.2) is 8.42 Å². The van der Waals surface area contributed by atoms with Crippen molar-refractivity contribution in [1.29, 1.82) is 0 Å². The molecule has 0 saturated heterocycles. The average Bonchev–Trinajstić information content (AvgIpc) is 2.70. The second-order valence-electron chi connectivity index (χ2n) is 5.46. The Morgan fingerprint density at radius 1 is 1.00 bits per heavy atom. The molecule has 2 aromatic carbocycles. The summed E-state index contributed by atoms with van der Waals surface area (Å²) in [5, 5.41) is 3.39. The van der Waals surface area contributed by atoms with Crippen molar-refractivity contribution in [2.24, 2.45) is 0 Å². The normalized spacial score (nSPS) is 14.5. The summed E-state index contributed by atoms with van der Waals surface area (Å²) in [7, 11) is -3.77. The minimum absolute atomic E-state index is 0.0571. The first kappa shape index (κ1) is 17.1. The highest BCUT2D eigenvalue weighted by Gasteiger charge is 2.19. The zero-order valence-electron chi connectivity index (χ0n) is 12.5. The van der Waals surface area contributed by atoms with Crippen LogP contribution >= 0.6 is 23.2 Å². The summed E-state index contributed by atoms with van der Waals surface area (Å²) in [6, 6.07) is 9.17. The first-order valence-corrected chi connectivity index (χ1v) is 9.50. The first-order valence-electron chi connectivity index (χ1n) is 7.26. The molecular weight excluding hydrogens is 371 g/mol. The van der Waals surface area contributed by atoms with Crippen LogP contribution in [-0.2, 0) is 21.2 Å². The van der Waals surface area contributed by atoms with Crippen molar-refractivity contribution >= 4 is 50.5 Å². The highest BCUT2D eigenvalue weighted by Crippen LogP contribution is 2.28. The van der Waals surface area contributed by atoms with E-state index in [-0.39, 0.29) is 15.8 Å². The largest absolute Gasteiger partial charge is 0.326 e. The zero-order chi connectivity index (χ0) is 17.3. The molecule has 5 nitrogen and oxygen atoms in total. The summed E-state index contributed by atoms with van der Waals surface area (Å²) in [6.07, 6.45) is 1.76. The molecule has 0 radical (unpaired) electrons. The van der Waals surface area contributed by atoms with Crippen LogP contribution in [0.15, 0.2) is 41.3 Å². The Hall–Kier alpha value is -1.76. The van der Waals surface area contributed by atoms with Gasteiger partial charge < -0.3 is 5.32 Å². The van der Waals surface area contributed by atoms with Crippen LogP contribution in [0.2, 0.25) is 10.0 Å². The van der Waals surface area contributed by atoms with Crippen LogP contribution in [0, 0.1) is 0 Å². The quantitative estimate of drug-likeness (QED) is 0.837. The van der Waals surface area contributed by atoms with Crippen molar-refractivity contribution < 1.29 is 13.2 Å². The molecule has 8 heteroatoms. The number of rotatable bonds is 3. The fourth-order valence-electron chi connectivity index (χ4n) is 2.49. The summed E-state index contributed by atoms with van der Waals surface area (Å²) in [5.74, 6) is -0.0571. The maximum absolute atomic E-state index is 12.6. The number of hydrogen-bond acceptors (Lipinski definition) is 3. The SMILES string of the molecule is O=C1CCCc2cc(S(=O)(=O)Nc3ccc(Cl)c(Cl)c3)ccc2N1. The van der Waals surface area contributed by atoms with Crippen LogP contribution < -0.4 is 10.0 Å². The lowest BCUT2D eigenvalue weighted by atomic mass is 10.1. The molecule has 126 valence electrons. The number of nitrogens with one attached hydrogen (secondary N) is 2. The molecule has 0 aromatic heterocycles. The average molecular weight is 385 g/mol. The fraction of sp³-hybridized carbons (Fsp3) is 0.188. The minimum Gasteiger partial charge on any atom is -0.326 e. The van der Waals surface area contributed by atoms with Crippen LogP contribution in [0.4, 0.5) is 11.4 Å². The van der Waals surface area contributed by atoms with Gasteiger partial charge in [0.2, 0.25) is 5.91 Å². The fourth-order valence-corrected chi connectivity index (χ4v) is 3.89. The molecule has 0 unspecified atom stereocenters. The van der Waals surface area contributed by atoms with Gasteiger partial charge in [-0.15, -0.1) is 0 Å². The van der Waals surface area contributed by atoms with Crippen molar-refractivity contribution in [2.45, 2.75) is 24.2 Å². The Labute approximate surface area is 150 Å². The van der Waals surface area contributed by atoms with Gasteiger partial charge in [-0.05, 0) is 54.8 Å². The van der Waals surface area contributed by atoms with Gasteiger partial charge in [-0.3, -0.25) is 9.52 Å². The van der Waals surface area contributed by atoms with Crippen LogP contribution in [0.25, 0.3) is 0 Å². The van der Waals surface area contributed by atoms with E-state index in [9.17, 15) is 13.2 Å². The molecular formula is C16H14Cl2N2O3S. The van der Waals surface area contributed by atoms with Crippen molar-refractivity contribution in [3.8, 4) is 0 Å². The van der Waals surface area contributed by atoms with E-state index >= 15 is 0 Å². The zero-order valence-corrected chi connectivity index (χ0v) is 14.8. The molecule has 1 aliphatic rings.